The van der Waals surface area contributed by atoms with Gasteiger partial charge in [-0.15, -0.1) is 10.2 Å². The van der Waals surface area contributed by atoms with Crippen molar-refractivity contribution in [3.8, 4) is 17.1 Å². The van der Waals surface area contributed by atoms with Gasteiger partial charge in [0.15, 0.2) is 5.69 Å². The second-order valence-corrected chi connectivity index (χ2v) is 10.1. The molecule has 2 heterocycles. The molecule has 1 aliphatic heterocycles. The van der Waals surface area contributed by atoms with Crippen LogP contribution in [0.2, 0.25) is 0 Å². The minimum Gasteiger partial charge on any atom is -0.447 e. The van der Waals surface area contributed by atoms with Gasteiger partial charge in [-0.25, -0.2) is 4.39 Å². The third-order valence-electron chi connectivity index (χ3n) is 5.89. The summed E-state index contributed by atoms with van der Waals surface area (Å²) in [5, 5.41) is 9.42. The SMILES string of the molecule is CCCC(=O)N1c2ccc(CC)cc2-c2nnc(SCCC(C)C)nc2O[C@@H]1c1ccc(F)cc1. The first-order valence-electron chi connectivity index (χ1n) is 12.2. The molecule has 0 fully saturated rings. The number of carbonyl (C=O) groups is 1. The number of carbonyl (C=O) groups excluding carboxylic acids is 1. The maximum atomic E-state index is 13.7. The summed E-state index contributed by atoms with van der Waals surface area (Å²) in [7, 11) is 0. The lowest BCUT2D eigenvalue weighted by molar-refractivity contribution is -0.120. The van der Waals surface area contributed by atoms with E-state index >= 15 is 0 Å². The number of amides is 1. The molecule has 184 valence electrons. The Balaban J connectivity index is 1.86. The van der Waals surface area contributed by atoms with Gasteiger partial charge in [0.25, 0.3) is 0 Å². The number of aryl methyl sites for hydroxylation is 1. The summed E-state index contributed by atoms with van der Waals surface area (Å²) in [4.78, 5) is 19.8. The van der Waals surface area contributed by atoms with Crippen LogP contribution in [0.25, 0.3) is 11.3 Å². The summed E-state index contributed by atoms with van der Waals surface area (Å²) in [6.07, 6.45) is 2.09. The Kier molecular flexibility index (Phi) is 8.00. The normalized spacial score (nSPS) is 14.8. The Hall–Kier alpha value is -3.00. The van der Waals surface area contributed by atoms with E-state index < -0.39 is 6.23 Å². The Morgan fingerprint density at radius 1 is 1.14 bits per heavy atom. The fraction of sp³-hybridized carbons (Fsp3) is 0.407. The van der Waals surface area contributed by atoms with E-state index in [4.69, 9.17) is 9.72 Å². The van der Waals surface area contributed by atoms with Crippen molar-refractivity contribution in [2.45, 2.75) is 64.8 Å². The number of hydrogen-bond donors (Lipinski definition) is 0. The second kappa shape index (κ2) is 11.2. The minimum absolute atomic E-state index is 0.0837. The zero-order valence-corrected chi connectivity index (χ0v) is 21.4. The zero-order chi connectivity index (χ0) is 24.9. The number of thioether (sulfide) groups is 1. The van der Waals surface area contributed by atoms with E-state index in [-0.39, 0.29) is 11.7 Å². The van der Waals surface area contributed by atoms with E-state index in [1.807, 2.05) is 25.1 Å². The molecule has 4 rings (SSSR count). The molecular formula is C27H31FN4O2S. The van der Waals surface area contributed by atoms with Crippen LogP contribution >= 0.6 is 11.8 Å². The maximum Gasteiger partial charge on any atom is 0.247 e. The highest BCUT2D eigenvalue weighted by molar-refractivity contribution is 7.99. The van der Waals surface area contributed by atoms with E-state index in [0.717, 1.165) is 29.7 Å². The lowest BCUT2D eigenvalue weighted by Crippen LogP contribution is -2.37. The van der Waals surface area contributed by atoms with Crippen molar-refractivity contribution in [1.29, 1.82) is 0 Å². The number of nitrogens with zero attached hydrogens (tertiary/aromatic N) is 4. The molecular weight excluding hydrogens is 463 g/mol. The third-order valence-corrected chi connectivity index (χ3v) is 6.76. The lowest BCUT2D eigenvalue weighted by atomic mass is 10.0. The van der Waals surface area contributed by atoms with Gasteiger partial charge in [-0.3, -0.25) is 9.69 Å². The smallest absolute Gasteiger partial charge is 0.247 e. The quantitative estimate of drug-likeness (QED) is 0.329. The van der Waals surface area contributed by atoms with E-state index in [9.17, 15) is 9.18 Å². The van der Waals surface area contributed by atoms with Crippen LogP contribution in [0.4, 0.5) is 10.1 Å². The van der Waals surface area contributed by atoms with Crippen LogP contribution in [0.1, 0.15) is 64.3 Å². The zero-order valence-electron chi connectivity index (χ0n) is 20.6. The van der Waals surface area contributed by atoms with E-state index in [2.05, 4.69) is 31.0 Å². The molecule has 0 bridgehead atoms. The number of anilines is 1. The van der Waals surface area contributed by atoms with Gasteiger partial charge in [0, 0.05) is 23.3 Å². The number of rotatable bonds is 8. The van der Waals surface area contributed by atoms with Gasteiger partial charge < -0.3 is 4.74 Å². The lowest BCUT2D eigenvalue weighted by Gasteiger charge is -2.31. The average molecular weight is 495 g/mol. The summed E-state index contributed by atoms with van der Waals surface area (Å²) in [6, 6.07) is 12.0. The van der Waals surface area contributed by atoms with Crippen molar-refractivity contribution in [2.24, 2.45) is 5.92 Å². The maximum absolute atomic E-state index is 13.7. The third kappa shape index (κ3) is 5.64. The molecule has 8 heteroatoms. The molecule has 2 aromatic carbocycles. The minimum atomic E-state index is -0.813. The van der Waals surface area contributed by atoms with Crippen LogP contribution in [0.5, 0.6) is 5.88 Å². The van der Waals surface area contributed by atoms with Gasteiger partial charge in [0.2, 0.25) is 23.2 Å². The molecule has 0 saturated heterocycles. The fourth-order valence-corrected chi connectivity index (χ4v) is 4.95. The first-order valence-corrected chi connectivity index (χ1v) is 13.1. The Morgan fingerprint density at radius 2 is 1.91 bits per heavy atom. The number of benzene rings is 2. The second-order valence-electron chi connectivity index (χ2n) is 9.02. The number of hydrogen-bond acceptors (Lipinski definition) is 6. The van der Waals surface area contributed by atoms with Crippen LogP contribution < -0.4 is 9.64 Å². The summed E-state index contributed by atoms with van der Waals surface area (Å²) in [5.74, 6) is 1.34. The Morgan fingerprint density at radius 3 is 2.60 bits per heavy atom. The van der Waals surface area contributed by atoms with Crippen LogP contribution in [0.15, 0.2) is 47.6 Å². The van der Waals surface area contributed by atoms with Crippen molar-refractivity contribution >= 4 is 23.4 Å². The van der Waals surface area contributed by atoms with E-state index in [1.54, 1.807) is 17.0 Å². The van der Waals surface area contributed by atoms with Gasteiger partial charge >= 0.3 is 0 Å². The molecule has 0 aliphatic carbocycles. The number of halogens is 1. The summed E-state index contributed by atoms with van der Waals surface area (Å²) >= 11 is 1.54. The molecule has 0 radical (unpaired) electrons. The monoisotopic (exact) mass is 494 g/mol. The number of ether oxygens (including phenoxy) is 1. The van der Waals surface area contributed by atoms with Crippen LogP contribution in [-0.4, -0.2) is 26.8 Å². The molecule has 1 aromatic heterocycles. The number of aromatic nitrogens is 3. The van der Waals surface area contributed by atoms with Gasteiger partial charge in [0.05, 0.1) is 5.69 Å². The van der Waals surface area contributed by atoms with Gasteiger partial charge in [0.1, 0.15) is 5.82 Å². The highest BCUT2D eigenvalue weighted by Crippen LogP contribution is 2.44. The highest BCUT2D eigenvalue weighted by atomic mass is 32.2. The molecule has 1 aliphatic rings. The van der Waals surface area contributed by atoms with Gasteiger partial charge in [-0.2, -0.15) is 4.98 Å². The standard InChI is InChI=1S/C27H31FN4O2S/c1-5-7-23(33)32-22-13-8-18(6-2)16-21(22)24-25(29-27(31-30-24)35-15-14-17(3)4)34-26(32)19-9-11-20(28)12-10-19/h8-13,16-17,26H,5-7,14-15H2,1-4H3/t26-/m1/s1. The Labute approximate surface area is 210 Å². The molecule has 0 unspecified atom stereocenters. The summed E-state index contributed by atoms with van der Waals surface area (Å²) in [6.45, 7) is 8.40. The van der Waals surface area contributed by atoms with Crippen molar-refractivity contribution in [1.82, 2.24) is 15.2 Å². The van der Waals surface area contributed by atoms with Crippen LogP contribution in [-0.2, 0) is 11.2 Å². The molecule has 35 heavy (non-hydrogen) atoms. The Bertz CT molecular complexity index is 1190. The van der Waals surface area contributed by atoms with Crippen LogP contribution in [0.3, 0.4) is 0 Å². The molecule has 3 aromatic rings. The first kappa shape index (κ1) is 25.1. The first-order chi connectivity index (χ1) is 16.9. The molecule has 1 amide bonds. The predicted molar refractivity (Wildman–Crippen MR) is 137 cm³/mol. The largest absolute Gasteiger partial charge is 0.447 e. The highest BCUT2D eigenvalue weighted by Gasteiger charge is 2.35. The summed E-state index contributed by atoms with van der Waals surface area (Å²) in [5.41, 5.74) is 3.71. The molecule has 0 spiro atoms. The molecule has 6 nitrogen and oxygen atoms in total. The average Bonchev–Trinajstić information content (AvgIpc) is 2.98. The molecule has 0 N–H and O–H groups in total. The summed E-state index contributed by atoms with van der Waals surface area (Å²) < 4.78 is 20.2. The topological polar surface area (TPSA) is 68.2 Å². The van der Waals surface area contributed by atoms with E-state index in [0.29, 0.717) is 46.7 Å². The predicted octanol–water partition coefficient (Wildman–Crippen LogP) is 6.60. The van der Waals surface area contributed by atoms with Crippen molar-refractivity contribution in [3.05, 3.63) is 59.4 Å². The fourth-order valence-electron chi connectivity index (χ4n) is 3.93. The molecule has 1 atom stereocenters. The van der Waals surface area contributed by atoms with Gasteiger partial charge in [-0.1, -0.05) is 57.7 Å². The van der Waals surface area contributed by atoms with Crippen molar-refractivity contribution < 1.29 is 13.9 Å². The van der Waals surface area contributed by atoms with E-state index in [1.165, 1.54) is 23.9 Å². The van der Waals surface area contributed by atoms with Crippen molar-refractivity contribution in [2.75, 3.05) is 10.7 Å². The molecule has 0 saturated carbocycles. The van der Waals surface area contributed by atoms with Gasteiger partial charge in [-0.05, 0) is 55.0 Å². The van der Waals surface area contributed by atoms with Crippen molar-refractivity contribution in [3.63, 3.8) is 0 Å². The van der Waals surface area contributed by atoms with Crippen LogP contribution in [0, 0.1) is 11.7 Å². The number of fused-ring (bicyclic) bond motifs is 3.